The zero-order valence-electron chi connectivity index (χ0n) is 15.4. The predicted molar refractivity (Wildman–Crippen MR) is 109 cm³/mol. The lowest BCUT2D eigenvalue weighted by Gasteiger charge is -2.12. The van der Waals surface area contributed by atoms with Crippen LogP contribution < -0.4 is 14.8 Å². The van der Waals surface area contributed by atoms with E-state index >= 15 is 0 Å². The van der Waals surface area contributed by atoms with Crippen LogP contribution in [0.4, 0.5) is 5.13 Å². The van der Waals surface area contributed by atoms with Crippen molar-refractivity contribution >= 4 is 42.6 Å². The van der Waals surface area contributed by atoms with Crippen LogP contribution >= 0.6 is 11.3 Å². The lowest BCUT2D eigenvalue weighted by Crippen LogP contribution is -2.26. The van der Waals surface area contributed by atoms with E-state index in [1.807, 2.05) is 25.1 Å². The van der Waals surface area contributed by atoms with Crippen LogP contribution in [0, 0.1) is 6.92 Å². The predicted octanol–water partition coefficient (Wildman–Crippen LogP) is 3.31. The van der Waals surface area contributed by atoms with E-state index in [-0.39, 0.29) is 22.3 Å². The molecule has 1 aliphatic rings. The van der Waals surface area contributed by atoms with Crippen LogP contribution in [0.25, 0.3) is 10.2 Å². The number of fused-ring (bicyclic) bond motifs is 1. The number of sulfonamides is 1. The van der Waals surface area contributed by atoms with Gasteiger partial charge < -0.3 is 4.74 Å². The highest BCUT2D eigenvalue weighted by Crippen LogP contribution is 2.30. The van der Waals surface area contributed by atoms with Gasteiger partial charge >= 0.3 is 0 Å². The average Bonchev–Trinajstić information content (AvgIpc) is 3.36. The first-order valence-corrected chi connectivity index (χ1v) is 11.1. The smallest absolute Gasteiger partial charge is 0.257 e. The first-order valence-electron chi connectivity index (χ1n) is 8.75. The Morgan fingerprint density at radius 1 is 1.25 bits per heavy atom. The number of ether oxygens (including phenoxy) is 1. The van der Waals surface area contributed by atoms with Crippen molar-refractivity contribution in [2.75, 3.05) is 12.4 Å². The number of amides is 1. The maximum atomic E-state index is 12.7. The molecule has 1 heterocycles. The van der Waals surface area contributed by atoms with Gasteiger partial charge in [-0.05, 0) is 49.6 Å². The minimum absolute atomic E-state index is 0.0434. The number of rotatable bonds is 6. The van der Waals surface area contributed by atoms with Crippen LogP contribution in [-0.4, -0.2) is 32.5 Å². The maximum absolute atomic E-state index is 12.7. The first kappa shape index (κ1) is 18.9. The molecule has 7 nitrogen and oxygen atoms in total. The molecule has 0 radical (unpaired) electrons. The van der Waals surface area contributed by atoms with Gasteiger partial charge in [0.05, 0.1) is 17.3 Å². The van der Waals surface area contributed by atoms with Gasteiger partial charge in [0.2, 0.25) is 10.0 Å². The molecule has 1 saturated carbocycles. The number of thiazole rings is 1. The number of benzene rings is 2. The van der Waals surface area contributed by atoms with Crippen molar-refractivity contribution in [1.82, 2.24) is 9.71 Å². The second-order valence-electron chi connectivity index (χ2n) is 6.66. The van der Waals surface area contributed by atoms with Crippen molar-refractivity contribution in [3.63, 3.8) is 0 Å². The van der Waals surface area contributed by atoms with Gasteiger partial charge in [0, 0.05) is 11.6 Å². The Bertz CT molecular complexity index is 1170. The average molecular weight is 418 g/mol. The molecule has 28 heavy (non-hydrogen) atoms. The minimum Gasteiger partial charge on any atom is -0.495 e. The van der Waals surface area contributed by atoms with Crippen molar-refractivity contribution in [3.05, 3.63) is 47.5 Å². The Labute approximate surface area is 166 Å². The molecule has 3 aromatic rings. The fourth-order valence-electron chi connectivity index (χ4n) is 2.82. The summed E-state index contributed by atoms with van der Waals surface area (Å²) in [6.45, 7) is 1.96. The molecule has 2 N–H and O–H groups in total. The van der Waals surface area contributed by atoms with Gasteiger partial charge in [0.1, 0.15) is 10.6 Å². The van der Waals surface area contributed by atoms with Crippen LogP contribution in [0.2, 0.25) is 0 Å². The summed E-state index contributed by atoms with van der Waals surface area (Å²) in [5, 5.41) is 3.22. The monoisotopic (exact) mass is 417 g/mol. The Hall–Kier alpha value is -2.49. The Morgan fingerprint density at radius 2 is 2.04 bits per heavy atom. The van der Waals surface area contributed by atoms with E-state index in [1.54, 1.807) is 0 Å². The largest absolute Gasteiger partial charge is 0.495 e. The van der Waals surface area contributed by atoms with Crippen LogP contribution in [0.5, 0.6) is 5.75 Å². The second-order valence-corrected chi connectivity index (χ2v) is 9.37. The van der Waals surface area contributed by atoms with E-state index in [0.29, 0.717) is 5.13 Å². The number of nitrogens with one attached hydrogen (secondary N) is 2. The van der Waals surface area contributed by atoms with Crippen molar-refractivity contribution in [2.45, 2.75) is 30.7 Å². The minimum atomic E-state index is -3.76. The molecular formula is C19H19N3O4S2. The van der Waals surface area contributed by atoms with Crippen LogP contribution in [-0.2, 0) is 10.0 Å². The molecule has 9 heteroatoms. The van der Waals surface area contributed by atoms with E-state index in [4.69, 9.17) is 4.74 Å². The van der Waals surface area contributed by atoms with Crippen molar-refractivity contribution in [2.24, 2.45) is 0 Å². The summed E-state index contributed by atoms with van der Waals surface area (Å²) < 4.78 is 34.0. The highest BCUT2D eigenvalue weighted by molar-refractivity contribution is 7.89. The van der Waals surface area contributed by atoms with Crippen molar-refractivity contribution < 1.29 is 17.9 Å². The highest BCUT2D eigenvalue weighted by Gasteiger charge is 2.30. The number of carbonyl (C=O) groups is 1. The van der Waals surface area contributed by atoms with Gasteiger partial charge in [-0.25, -0.2) is 18.1 Å². The van der Waals surface area contributed by atoms with Gasteiger partial charge in [-0.1, -0.05) is 23.5 Å². The molecular weight excluding hydrogens is 398 g/mol. The molecule has 2 aromatic carbocycles. The number of hydrogen-bond acceptors (Lipinski definition) is 6. The lowest BCUT2D eigenvalue weighted by molar-refractivity contribution is 0.102. The molecule has 1 amide bonds. The number of aryl methyl sites for hydroxylation is 1. The zero-order chi connectivity index (χ0) is 19.9. The van der Waals surface area contributed by atoms with Gasteiger partial charge in [-0.2, -0.15) is 0 Å². The summed E-state index contributed by atoms with van der Waals surface area (Å²) in [4.78, 5) is 17.1. The van der Waals surface area contributed by atoms with Crippen molar-refractivity contribution in [1.29, 1.82) is 0 Å². The third-order valence-corrected chi connectivity index (χ3v) is 6.93. The fourth-order valence-corrected chi connectivity index (χ4v) is 5.26. The summed E-state index contributed by atoms with van der Waals surface area (Å²) >= 11 is 1.37. The molecule has 1 fully saturated rings. The molecule has 4 rings (SSSR count). The summed E-state index contributed by atoms with van der Waals surface area (Å²) in [6.07, 6.45) is 1.64. The standard InChI is InChI=1S/C19H19N3O4S2/c1-11-4-3-5-15-17(11)20-19(27-15)21-18(23)12-6-9-14(26-2)16(10-12)28(24,25)22-13-7-8-13/h3-6,9-10,13,22H,7-8H2,1-2H3,(H,20,21,23). The quantitative estimate of drug-likeness (QED) is 0.641. The number of carbonyl (C=O) groups excluding carboxylic acids is 1. The van der Waals surface area contributed by atoms with E-state index in [2.05, 4.69) is 15.0 Å². The summed E-state index contributed by atoms with van der Waals surface area (Å²) in [7, 11) is -2.37. The number of hydrogen-bond donors (Lipinski definition) is 2. The third kappa shape index (κ3) is 3.73. The van der Waals surface area contributed by atoms with E-state index in [0.717, 1.165) is 28.6 Å². The molecule has 146 valence electrons. The number of anilines is 1. The van der Waals surface area contributed by atoms with E-state index in [1.165, 1.54) is 36.6 Å². The number of nitrogens with zero attached hydrogens (tertiary/aromatic N) is 1. The first-order chi connectivity index (χ1) is 13.4. The maximum Gasteiger partial charge on any atom is 0.257 e. The SMILES string of the molecule is COc1ccc(C(=O)Nc2nc3c(C)cccc3s2)cc1S(=O)(=O)NC1CC1. The number of para-hydroxylation sites is 1. The molecule has 0 spiro atoms. The summed E-state index contributed by atoms with van der Waals surface area (Å²) in [5.74, 6) is -0.234. The number of aromatic nitrogens is 1. The van der Waals surface area contributed by atoms with Gasteiger partial charge in [0.15, 0.2) is 5.13 Å². The van der Waals surface area contributed by atoms with Gasteiger partial charge in [-0.15, -0.1) is 0 Å². The second kappa shape index (κ2) is 7.16. The highest BCUT2D eigenvalue weighted by atomic mass is 32.2. The fraction of sp³-hybridized carbons (Fsp3) is 0.263. The molecule has 0 bridgehead atoms. The molecule has 0 atom stereocenters. The van der Waals surface area contributed by atoms with Crippen LogP contribution in [0.1, 0.15) is 28.8 Å². The normalized spacial score (nSPS) is 14.2. The Kier molecular flexibility index (Phi) is 4.82. The van der Waals surface area contributed by atoms with Crippen LogP contribution in [0.3, 0.4) is 0 Å². The Morgan fingerprint density at radius 3 is 2.71 bits per heavy atom. The zero-order valence-corrected chi connectivity index (χ0v) is 17.0. The number of methoxy groups -OCH3 is 1. The molecule has 0 aliphatic heterocycles. The third-order valence-electron chi connectivity index (χ3n) is 4.46. The Balaban J connectivity index is 1.63. The molecule has 1 aliphatic carbocycles. The summed E-state index contributed by atoms with van der Waals surface area (Å²) in [6, 6.07) is 10.1. The topological polar surface area (TPSA) is 97.4 Å². The van der Waals surface area contributed by atoms with Gasteiger partial charge in [0.25, 0.3) is 5.91 Å². The summed E-state index contributed by atoms with van der Waals surface area (Å²) in [5.41, 5.74) is 2.08. The molecule has 0 unspecified atom stereocenters. The van der Waals surface area contributed by atoms with E-state index < -0.39 is 15.9 Å². The molecule has 0 saturated heterocycles. The lowest BCUT2D eigenvalue weighted by atomic mass is 10.2. The van der Waals surface area contributed by atoms with Crippen LogP contribution in [0.15, 0.2) is 41.3 Å². The molecule has 1 aromatic heterocycles. The van der Waals surface area contributed by atoms with E-state index in [9.17, 15) is 13.2 Å². The van der Waals surface area contributed by atoms with Crippen molar-refractivity contribution in [3.8, 4) is 5.75 Å². The van der Waals surface area contributed by atoms with Gasteiger partial charge in [-0.3, -0.25) is 10.1 Å².